The lowest BCUT2D eigenvalue weighted by Crippen LogP contribution is -2.46. The van der Waals surface area contributed by atoms with Gasteiger partial charge in [-0.3, -0.25) is 9.78 Å². The molecule has 1 N–H and O–H groups in total. The van der Waals surface area contributed by atoms with Gasteiger partial charge in [-0.2, -0.15) is 0 Å². The van der Waals surface area contributed by atoms with Crippen molar-refractivity contribution in [3.8, 4) is 11.1 Å². The normalized spacial score (nSPS) is 11.5. The highest BCUT2D eigenvalue weighted by Crippen LogP contribution is 2.23. The first-order chi connectivity index (χ1) is 15.7. The van der Waals surface area contributed by atoms with Gasteiger partial charge in [0.2, 0.25) is 5.91 Å². The molecule has 1 atom stereocenters. The monoisotopic (exact) mass is 422 g/mol. The number of hydrogen-bond acceptors (Lipinski definition) is 4. The lowest BCUT2D eigenvalue weighted by molar-refractivity contribution is -0.117. The van der Waals surface area contributed by atoms with Crippen LogP contribution in [0.1, 0.15) is 12.5 Å². The second kappa shape index (κ2) is 10.4. The third kappa shape index (κ3) is 5.19. The molecule has 0 bridgehead atoms. The van der Waals surface area contributed by atoms with E-state index in [0.717, 1.165) is 28.2 Å². The highest BCUT2D eigenvalue weighted by Gasteiger charge is 2.26. The molecule has 0 saturated heterocycles. The number of hydrogen-bond donors (Lipinski definition) is 1. The summed E-state index contributed by atoms with van der Waals surface area (Å²) in [4.78, 5) is 24.2. The van der Waals surface area contributed by atoms with Crippen LogP contribution in [0.25, 0.3) is 11.1 Å². The lowest BCUT2D eigenvalue weighted by Gasteiger charge is -2.31. The molecule has 0 fully saturated rings. The van der Waals surface area contributed by atoms with Gasteiger partial charge in [0.15, 0.2) is 0 Å². The van der Waals surface area contributed by atoms with Gasteiger partial charge < -0.3 is 10.2 Å². The van der Waals surface area contributed by atoms with E-state index in [-0.39, 0.29) is 5.91 Å². The molecular weight excluding hydrogens is 396 g/mol. The first kappa shape index (κ1) is 21.2. The molecule has 2 aromatic carbocycles. The van der Waals surface area contributed by atoms with Crippen molar-refractivity contribution in [2.45, 2.75) is 19.4 Å². The Morgan fingerprint density at radius 3 is 2.38 bits per heavy atom. The van der Waals surface area contributed by atoms with Crippen LogP contribution in [0, 0.1) is 0 Å². The highest BCUT2D eigenvalue weighted by molar-refractivity contribution is 5.97. The number of benzene rings is 2. The summed E-state index contributed by atoms with van der Waals surface area (Å²) >= 11 is 0. The predicted octanol–water partition coefficient (Wildman–Crippen LogP) is 5.22. The van der Waals surface area contributed by atoms with E-state index >= 15 is 0 Å². The number of carbonyl (C=O) groups excluding carboxylic acids is 1. The Bertz CT molecular complexity index is 1130. The van der Waals surface area contributed by atoms with Crippen molar-refractivity contribution in [2.75, 3.05) is 16.8 Å². The SMILES string of the molecule is CCN(c1ccccn1)[C@@H](Cc1ccccc1)C(=O)Nc1cccc(-c2ccncc2)c1. The van der Waals surface area contributed by atoms with Crippen LogP contribution in [-0.4, -0.2) is 28.5 Å². The van der Waals surface area contributed by atoms with Gasteiger partial charge >= 0.3 is 0 Å². The maximum absolute atomic E-state index is 13.5. The molecule has 32 heavy (non-hydrogen) atoms. The molecule has 0 unspecified atom stereocenters. The minimum Gasteiger partial charge on any atom is -0.345 e. The Hall–Kier alpha value is -3.99. The molecule has 5 nitrogen and oxygen atoms in total. The first-order valence-corrected chi connectivity index (χ1v) is 10.8. The van der Waals surface area contributed by atoms with Gasteiger partial charge in [-0.1, -0.05) is 48.5 Å². The van der Waals surface area contributed by atoms with Crippen molar-refractivity contribution >= 4 is 17.4 Å². The summed E-state index contributed by atoms with van der Waals surface area (Å²) in [5.74, 6) is 0.727. The molecule has 0 radical (unpaired) electrons. The second-order valence-electron chi connectivity index (χ2n) is 7.49. The zero-order chi connectivity index (χ0) is 22.2. The molecule has 0 saturated carbocycles. The Balaban J connectivity index is 1.61. The van der Waals surface area contributed by atoms with Crippen molar-refractivity contribution < 1.29 is 4.79 Å². The van der Waals surface area contributed by atoms with Crippen molar-refractivity contribution in [3.63, 3.8) is 0 Å². The molecule has 0 spiro atoms. The number of anilines is 2. The zero-order valence-corrected chi connectivity index (χ0v) is 18.1. The average molecular weight is 423 g/mol. The molecule has 1 amide bonds. The number of rotatable bonds is 8. The Morgan fingerprint density at radius 2 is 1.66 bits per heavy atom. The first-order valence-electron chi connectivity index (χ1n) is 10.8. The van der Waals surface area contributed by atoms with E-state index in [2.05, 4.69) is 32.3 Å². The maximum atomic E-state index is 13.5. The Labute approximate surface area is 188 Å². The number of likely N-dealkylation sites (N-methyl/N-ethyl adjacent to an activating group) is 1. The van der Waals surface area contributed by atoms with E-state index in [9.17, 15) is 4.79 Å². The fourth-order valence-electron chi connectivity index (χ4n) is 3.79. The molecule has 0 aliphatic heterocycles. The molecule has 2 heterocycles. The van der Waals surface area contributed by atoms with Crippen LogP contribution in [0.15, 0.2) is 104 Å². The molecule has 2 aromatic heterocycles. The molecule has 0 aliphatic rings. The van der Waals surface area contributed by atoms with E-state index < -0.39 is 6.04 Å². The summed E-state index contributed by atoms with van der Waals surface area (Å²) in [6, 6.07) is 27.3. The van der Waals surface area contributed by atoms with Crippen LogP contribution >= 0.6 is 0 Å². The minimum absolute atomic E-state index is 0.0618. The van der Waals surface area contributed by atoms with Gasteiger partial charge in [-0.25, -0.2) is 4.98 Å². The van der Waals surface area contributed by atoms with E-state index in [0.29, 0.717) is 13.0 Å². The van der Waals surface area contributed by atoms with Gasteiger partial charge in [0.1, 0.15) is 11.9 Å². The molecule has 4 aromatic rings. The predicted molar refractivity (Wildman–Crippen MR) is 129 cm³/mol. The van der Waals surface area contributed by atoms with Crippen LogP contribution in [0.3, 0.4) is 0 Å². The molecule has 160 valence electrons. The van der Waals surface area contributed by atoms with E-state index in [1.165, 1.54) is 0 Å². The van der Waals surface area contributed by atoms with E-state index in [1.807, 2.05) is 79.7 Å². The van der Waals surface area contributed by atoms with Crippen molar-refractivity contribution in [1.29, 1.82) is 0 Å². The summed E-state index contributed by atoms with van der Waals surface area (Å²) in [6.45, 7) is 2.71. The van der Waals surface area contributed by atoms with Crippen molar-refractivity contribution in [1.82, 2.24) is 9.97 Å². The summed E-state index contributed by atoms with van der Waals surface area (Å²) in [5.41, 5.74) is 3.95. The van der Waals surface area contributed by atoms with Gasteiger partial charge in [-0.15, -0.1) is 0 Å². The van der Waals surface area contributed by atoms with Crippen LogP contribution in [0.5, 0.6) is 0 Å². The van der Waals surface area contributed by atoms with Gasteiger partial charge in [0.25, 0.3) is 0 Å². The van der Waals surface area contributed by atoms with Gasteiger partial charge in [-0.05, 0) is 60.0 Å². The third-order valence-electron chi connectivity index (χ3n) is 5.38. The van der Waals surface area contributed by atoms with E-state index in [1.54, 1.807) is 18.6 Å². The summed E-state index contributed by atoms with van der Waals surface area (Å²) in [7, 11) is 0. The van der Waals surface area contributed by atoms with Crippen LogP contribution in [0.4, 0.5) is 11.5 Å². The fraction of sp³-hybridized carbons (Fsp3) is 0.148. The Kier molecular flexibility index (Phi) is 6.88. The molecule has 0 aliphatic carbocycles. The molecular formula is C27H26N4O. The fourth-order valence-corrected chi connectivity index (χ4v) is 3.79. The van der Waals surface area contributed by atoms with Gasteiger partial charge in [0.05, 0.1) is 0 Å². The lowest BCUT2D eigenvalue weighted by atomic mass is 10.0. The average Bonchev–Trinajstić information content (AvgIpc) is 2.86. The van der Waals surface area contributed by atoms with Crippen molar-refractivity contribution in [2.24, 2.45) is 0 Å². The molecule has 5 heteroatoms. The van der Waals surface area contributed by atoms with Crippen LogP contribution in [-0.2, 0) is 11.2 Å². The van der Waals surface area contributed by atoms with Crippen molar-refractivity contribution in [3.05, 3.63) is 109 Å². The number of pyridine rings is 2. The zero-order valence-electron chi connectivity index (χ0n) is 18.1. The quantitative estimate of drug-likeness (QED) is 0.423. The van der Waals surface area contributed by atoms with E-state index in [4.69, 9.17) is 0 Å². The number of amides is 1. The number of nitrogens with one attached hydrogen (secondary N) is 1. The highest BCUT2D eigenvalue weighted by atomic mass is 16.2. The number of nitrogens with zero attached hydrogens (tertiary/aromatic N) is 3. The maximum Gasteiger partial charge on any atom is 0.247 e. The summed E-state index contributed by atoms with van der Waals surface area (Å²) < 4.78 is 0. The molecule has 4 rings (SSSR count). The third-order valence-corrected chi connectivity index (χ3v) is 5.38. The minimum atomic E-state index is -0.401. The summed E-state index contributed by atoms with van der Waals surface area (Å²) in [5, 5.41) is 3.13. The van der Waals surface area contributed by atoms with Crippen LogP contribution in [0.2, 0.25) is 0 Å². The standard InChI is InChI=1S/C27H26N4O/c1-2-31(26-13-6-7-16-29-26)25(19-21-9-4-3-5-10-21)27(32)30-24-12-8-11-23(20-24)22-14-17-28-18-15-22/h3-18,20,25H,2,19H2,1H3,(H,30,32)/t25-/m0/s1. The number of carbonyl (C=O) groups is 1. The largest absolute Gasteiger partial charge is 0.345 e. The smallest absolute Gasteiger partial charge is 0.247 e. The second-order valence-corrected chi connectivity index (χ2v) is 7.49. The number of aromatic nitrogens is 2. The topological polar surface area (TPSA) is 58.1 Å². The Morgan fingerprint density at radius 1 is 0.875 bits per heavy atom. The van der Waals surface area contributed by atoms with Crippen LogP contribution < -0.4 is 10.2 Å². The van der Waals surface area contributed by atoms with Gasteiger partial charge in [0, 0.05) is 37.2 Å². The summed E-state index contributed by atoms with van der Waals surface area (Å²) in [6.07, 6.45) is 5.87.